The van der Waals surface area contributed by atoms with Crippen molar-refractivity contribution in [3.05, 3.63) is 23.3 Å². The Kier molecular flexibility index (Phi) is 6.59. The highest BCUT2D eigenvalue weighted by atomic mass is 32.2. The average molecular weight is 459 g/mol. The molecular weight excluding hydrogens is 424 g/mol. The van der Waals surface area contributed by atoms with Crippen molar-refractivity contribution in [2.45, 2.75) is 62.3 Å². The Balaban J connectivity index is 1.89. The van der Waals surface area contributed by atoms with E-state index in [0.717, 1.165) is 37.1 Å². The van der Waals surface area contributed by atoms with Gasteiger partial charge in [-0.05, 0) is 76.9 Å². The van der Waals surface area contributed by atoms with Gasteiger partial charge >= 0.3 is 0 Å². The van der Waals surface area contributed by atoms with Crippen LogP contribution in [0.25, 0.3) is 0 Å². The second-order valence-electron chi connectivity index (χ2n) is 9.24. The molecule has 7 nitrogen and oxygen atoms in total. The Morgan fingerprint density at radius 1 is 1.13 bits per heavy atom. The van der Waals surface area contributed by atoms with E-state index in [4.69, 9.17) is 4.74 Å². The summed E-state index contributed by atoms with van der Waals surface area (Å²) in [5.41, 5.74) is 1.58. The summed E-state index contributed by atoms with van der Waals surface area (Å²) >= 11 is 0. The summed E-state index contributed by atoms with van der Waals surface area (Å²) in [4.78, 5) is 2.44. The van der Waals surface area contributed by atoms with Crippen molar-refractivity contribution in [3.8, 4) is 5.75 Å². The molecule has 1 aromatic carbocycles. The van der Waals surface area contributed by atoms with E-state index in [0.29, 0.717) is 6.54 Å². The van der Waals surface area contributed by atoms with Crippen LogP contribution < -0.4 is 10.1 Å². The SMILES string of the molecule is COc1cc(C)c(C)cc1S(=O)(=O)[C@H]1CS(=O)(=O)C[C@@H]1NCC(C)(C)N1CCCC1. The van der Waals surface area contributed by atoms with Gasteiger partial charge in [0.25, 0.3) is 0 Å². The zero-order valence-corrected chi connectivity index (χ0v) is 20.2. The lowest BCUT2D eigenvalue weighted by molar-refractivity contribution is 0.148. The standard InChI is InChI=1S/C21H34N2O5S2/c1-15-10-18(28-5)19(11-16(15)2)30(26,27)20-13-29(24,25)12-17(20)22-14-21(3,4)23-8-6-7-9-23/h10-11,17,20,22H,6-9,12-14H2,1-5H3/t17-,20-/m0/s1. The number of methoxy groups -OCH3 is 1. The fraction of sp³-hybridized carbons (Fsp3) is 0.714. The van der Waals surface area contributed by atoms with Crippen LogP contribution in [-0.4, -0.2) is 76.8 Å². The first kappa shape index (κ1) is 23.5. The Bertz CT molecular complexity index is 996. The largest absolute Gasteiger partial charge is 0.495 e. The zero-order chi connectivity index (χ0) is 22.3. The first-order valence-corrected chi connectivity index (χ1v) is 13.8. The predicted molar refractivity (Wildman–Crippen MR) is 119 cm³/mol. The molecule has 170 valence electrons. The van der Waals surface area contributed by atoms with Gasteiger partial charge < -0.3 is 10.1 Å². The van der Waals surface area contributed by atoms with Crippen LogP contribution in [-0.2, 0) is 19.7 Å². The highest BCUT2D eigenvalue weighted by Gasteiger charge is 2.47. The molecule has 1 aromatic rings. The number of ether oxygens (including phenoxy) is 1. The van der Waals surface area contributed by atoms with Crippen molar-refractivity contribution in [2.75, 3.05) is 38.2 Å². The quantitative estimate of drug-likeness (QED) is 0.665. The van der Waals surface area contributed by atoms with Crippen LogP contribution in [0.1, 0.15) is 37.8 Å². The number of rotatable bonds is 7. The molecule has 0 radical (unpaired) electrons. The average Bonchev–Trinajstić information content (AvgIpc) is 3.30. The summed E-state index contributed by atoms with van der Waals surface area (Å²) < 4.78 is 57.3. The van der Waals surface area contributed by atoms with Crippen LogP contribution in [0.15, 0.2) is 17.0 Å². The van der Waals surface area contributed by atoms with E-state index in [2.05, 4.69) is 24.1 Å². The number of sulfone groups is 2. The molecule has 0 amide bonds. The maximum absolute atomic E-state index is 13.6. The molecule has 2 fully saturated rings. The highest BCUT2D eigenvalue weighted by Crippen LogP contribution is 2.34. The molecule has 0 spiro atoms. The topological polar surface area (TPSA) is 92.8 Å². The fourth-order valence-electron chi connectivity index (χ4n) is 4.43. The van der Waals surface area contributed by atoms with Crippen LogP contribution in [0.4, 0.5) is 0 Å². The van der Waals surface area contributed by atoms with E-state index >= 15 is 0 Å². The van der Waals surface area contributed by atoms with Crippen LogP contribution in [0, 0.1) is 13.8 Å². The Morgan fingerprint density at radius 2 is 1.73 bits per heavy atom. The fourth-order valence-corrected chi connectivity index (χ4v) is 9.38. The van der Waals surface area contributed by atoms with Gasteiger partial charge in [-0.15, -0.1) is 0 Å². The second kappa shape index (κ2) is 8.41. The van der Waals surface area contributed by atoms with Gasteiger partial charge in [-0.25, -0.2) is 16.8 Å². The third kappa shape index (κ3) is 4.69. The van der Waals surface area contributed by atoms with Crippen LogP contribution in [0.5, 0.6) is 5.75 Å². The maximum Gasteiger partial charge on any atom is 0.187 e. The molecule has 2 heterocycles. The third-order valence-corrected chi connectivity index (χ3v) is 10.7. The Hall–Kier alpha value is -1.16. The number of aryl methyl sites for hydroxylation is 2. The lowest BCUT2D eigenvalue weighted by Crippen LogP contribution is -2.54. The van der Waals surface area contributed by atoms with Crippen molar-refractivity contribution in [2.24, 2.45) is 0 Å². The molecule has 0 bridgehead atoms. The second-order valence-corrected chi connectivity index (χ2v) is 13.5. The summed E-state index contributed by atoms with van der Waals surface area (Å²) in [6.07, 6.45) is 2.32. The number of benzene rings is 1. The van der Waals surface area contributed by atoms with Gasteiger partial charge in [0, 0.05) is 18.1 Å². The molecule has 0 aliphatic carbocycles. The predicted octanol–water partition coefficient (Wildman–Crippen LogP) is 1.72. The molecule has 2 aliphatic rings. The van der Waals surface area contributed by atoms with Gasteiger partial charge in [-0.2, -0.15) is 0 Å². The van der Waals surface area contributed by atoms with Gasteiger partial charge in [0.05, 0.1) is 23.9 Å². The molecule has 2 saturated heterocycles. The Morgan fingerprint density at radius 3 is 2.33 bits per heavy atom. The molecule has 3 rings (SSSR count). The van der Waals surface area contributed by atoms with Gasteiger partial charge in [0.1, 0.15) is 10.6 Å². The minimum absolute atomic E-state index is 0.0702. The number of likely N-dealkylation sites (tertiary alicyclic amines) is 1. The van der Waals surface area contributed by atoms with Crippen LogP contribution in [0.3, 0.4) is 0 Å². The molecule has 1 N–H and O–H groups in total. The van der Waals surface area contributed by atoms with Gasteiger partial charge in [0.2, 0.25) is 0 Å². The molecule has 2 aliphatic heterocycles. The summed E-state index contributed by atoms with van der Waals surface area (Å²) in [6.45, 7) is 10.5. The van der Waals surface area contributed by atoms with E-state index < -0.39 is 31.0 Å². The van der Waals surface area contributed by atoms with Gasteiger partial charge in [-0.1, -0.05) is 0 Å². The maximum atomic E-state index is 13.6. The molecule has 0 aromatic heterocycles. The number of hydrogen-bond donors (Lipinski definition) is 1. The first-order chi connectivity index (χ1) is 13.9. The normalized spacial score (nSPS) is 25.0. The van der Waals surface area contributed by atoms with Crippen molar-refractivity contribution >= 4 is 19.7 Å². The minimum atomic E-state index is -3.91. The van der Waals surface area contributed by atoms with Crippen LogP contribution >= 0.6 is 0 Å². The summed E-state index contributed by atoms with van der Waals surface area (Å²) in [5.74, 6) is -0.272. The molecule has 9 heteroatoms. The molecule has 2 atom stereocenters. The summed E-state index contributed by atoms with van der Waals surface area (Å²) in [7, 11) is -5.93. The van der Waals surface area contributed by atoms with E-state index in [1.54, 1.807) is 12.1 Å². The Labute approximate surface area is 181 Å². The van der Waals surface area contributed by atoms with E-state index in [-0.39, 0.29) is 27.7 Å². The van der Waals surface area contributed by atoms with Crippen molar-refractivity contribution in [3.63, 3.8) is 0 Å². The van der Waals surface area contributed by atoms with Crippen molar-refractivity contribution in [1.29, 1.82) is 0 Å². The summed E-state index contributed by atoms with van der Waals surface area (Å²) in [6, 6.07) is 2.65. The van der Waals surface area contributed by atoms with Gasteiger partial charge in [0.15, 0.2) is 19.7 Å². The zero-order valence-electron chi connectivity index (χ0n) is 18.6. The molecule has 0 saturated carbocycles. The van der Waals surface area contributed by atoms with Crippen LogP contribution in [0.2, 0.25) is 0 Å². The lowest BCUT2D eigenvalue weighted by Gasteiger charge is -2.37. The van der Waals surface area contributed by atoms with E-state index in [1.165, 1.54) is 7.11 Å². The molecular formula is C21H34N2O5S2. The highest BCUT2D eigenvalue weighted by molar-refractivity contribution is 7.96. The van der Waals surface area contributed by atoms with Crippen molar-refractivity contribution < 1.29 is 21.6 Å². The number of nitrogens with zero attached hydrogens (tertiary/aromatic N) is 1. The van der Waals surface area contributed by atoms with Gasteiger partial charge in [-0.3, -0.25) is 4.90 Å². The van der Waals surface area contributed by atoms with E-state index in [9.17, 15) is 16.8 Å². The minimum Gasteiger partial charge on any atom is -0.495 e. The summed E-state index contributed by atoms with van der Waals surface area (Å²) in [5, 5.41) is 2.27. The number of hydrogen-bond acceptors (Lipinski definition) is 7. The van der Waals surface area contributed by atoms with Crippen molar-refractivity contribution in [1.82, 2.24) is 10.2 Å². The molecule has 0 unspecified atom stereocenters. The lowest BCUT2D eigenvalue weighted by atomic mass is 10.0. The van der Waals surface area contributed by atoms with E-state index in [1.807, 2.05) is 13.8 Å². The third-order valence-electron chi connectivity index (χ3n) is 6.54. The number of nitrogens with one attached hydrogen (secondary N) is 1. The first-order valence-electron chi connectivity index (χ1n) is 10.5. The molecule has 30 heavy (non-hydrogen) atoms. The monoisotopic (exact) mass is 458 g/mol. The smallest absolute Gasteiger partial charge is 0.187 e.